The Bertz CT molecular complexity index is 1180. The first-order valence-corrected chi connectivity index (χ1v) is 11.8. The van der Waals surface area contributed by atoms with Crippen molar-refractivity contribution in [2.45, 2.75) is 31.1 Å². The van der Waals surface area contributed by atoms with E-state index in [-0.39, 0.29) is 30.3 Å². The zero-order chi connectivity index (χ0) is 25.5. The van der Waals surface area contributed by atoms with E-state index < -0.39 is 45.7 Å². The fourth-order valence-corrected chi connectivity index (χ4v) is 4.09. The van der Waals surface area contributed by atoms with Crippen molar-refractivity contribution in [1.82, 2.24) is 10.0 Å². The van der Waals surface area contributed by atoms with Crippen LogP contribution in [0.25, 0.3) is 0 Å². The largest absolute Gasteiger partial charge is 0.507 e. The molecule has 2 rings (SSSR count). The number of phenols is 1. The Hall–Kier alpha value is -3.64. The molecule has 7 N–H and O–H groups in total. The van der Waals surface area contributed by atoms with E-state index in [4.69, 9.17) is 21.0 Å². The number of nitrogens with one attached hydrogen (secondary N) is 3. The summed E-state index contributed by atoms with van der Waals surface area (Å²) in [5.74, 6) is -2.05. The van der Waals surface area contributed by atoms with Crippen LogP contribution in [0.1, 0.15) is 36.5 Å². The first-order chi connectivity index (χ1) is 15.9. The van der Waals surface area contributed by atoms with Crippen molar-refractivity contribution in [1.29, 1.82) is 5.41 Å². The van der Waals surface area contributed by atoms with Crippen LogP contribution in [-0.4, -0.2) is 56.0 Å². The highest BCUT2D eigenvalue weighted by Crippen LogP contribution is 2.26. The maximum Gasteiger partial charge on any atom is 0.322 e. The van der Waals surface area contributed by atoms with Crippen molar-refractivity contribution in [3.8, 4) is 11.5 Å². The minimum absolute atomic E-state index is 0.0470. The van der Waals surface area contributed by atoms with Crippen LogP contribution in [0.4, 0.5) is 0 Å². The highest BCUT2D eigenvalue weighted by Gasteiger charge is 2.20. The number of phenolic OH excluding ortho intramolecular Hbond substituents is 1. The average Bonchev–Trinajstić information content (AvgIpc) is 2.76. The fraction of sp³-hybridized carbons (Fsp3) is 0.318. The molecule has 11 nitrogen and oxygen atoms in total. The summed E-state index contributed by atoms with van der Waals surface area (Å²) in [6, 6.07) is 8.99. The number of amides is 1. The molecule has 34 heavy (non-hydrogen) atoms. The van der Waals surface area contributed by atoms with Crippen LogP contribution < -0.4 is 20.5 Å². The standard InChI is InChI=1S/C22H28N4O7S/c1-13(2)15-4-3-14(18(9-15)33-12-20(28)25-11-21(29)30)7-8-26-34(31,32)19-10-16(22(23)24)5-6-17(19)27/h3-6,9-10,13,26-27H,7-8,11-12H2,1-2H3,(H3,23,24)(H,25,28)(H,29,30). The molecular formula is C22H28N4O7S. The van der Waals surface area contributed by atoms with Crippen LogP contribution in [0.5, 0.6) is 11.5 Å². The van der Waals surface area contributed by atoms with Crippen molar-refractivity contribution in [3.05, 3.63) is 53.1 Å². The lowest BCUT2D eigenvalue weighted by molar-refractivity contribution is -0.138. The molecule has 2 aromatic rings. The normalized spacial score (nSPS) is 11.3. The number of carbonyl (C=O) groups excluding carboxylic acids is 1. The van der Waals surface area contributed by atoms with Gasteiger partial charge < -0.3 is 26.0 Å². The SMILES string of the molecule is CC(C)c1ccc(CCNS(=O)(=O)c2cc(C(=N)N)ccc2O)c(OCC(=O)NCC(=O)O)c1. The molecule has 184 valence electrons. The van der Waals surface area contributed by atoms with Gasteiger partial charge >= 0.3 is 5.97 Å². The van der Waals surface area contributed by atoms with Gasteiger partial charge in [0.15, 0.2) is 6.61 Å². The number of carbonyl (C=O) groups is 2. The molecule has 12 heteroatoms. The maximum atomic E-state index is 12.7. The van der Waals surface area contributed by atoms with Gasteiger partial charge in [-0.1, -0.05) is 26.0 Å². The molecule has 0 aliphatic rings. The fourth-order valence-electron chi connectivity index (χ4n) is 2.93. The summed E-state index contributed by atoms with van der Waals surface area (Å²) in [7, 11) is -4.11. The van der Waals surface area contributed by atoms with Gasteiger partial charge in [0.2, 0.25) is 10.0 Å². The monoisotopic (exact) mass is 492 g/mol. The van der Waals surface area contributed by atoms with Gasteiger partial charge in [-0.25, -0.2) is 13.1 Å². The van der Waals surface area contributed by atoms with Gasteiger partial charge in [-0.3, -0.25) is 15.0 Å². The number of hydrogen-bond donors (Lipinski definition) is 6. The van der Waals surface area contributed by atoms with Crippen LogP contribution >= 0.6 is 0 Å². The van der Waals surface area contributed by atoms with E-state index in [1.807, 2.05) is 19.9 Å². The molecule has 0 aromatic heterocycles. The van der Waals surface area contributed by atoms with Crippen LogP contribution in [-0.2, 0) is 26.0 Å². The number of aliphatic carboxylic acids is 1. The number of amidine groups is 1. The lowest BCUT2D eigenvalue weighted by Gasteiger charge is -2.15. The third kappa shape index (κ3) is 7.46. The number of ether oxygens (including phenoxy) is 1. The Morgan fingerprint density at radius 3 is 2.50 bits per heavy atom. The van der Waals surface area contributed by atoms with E-state index >= 15 is 0 Å². The quantitative estimate of drug-likeness (QED) is 0.186. The number of hydrogen-bond acceptors (Lipinski definition) is 7. The minimum Gasteiger partial charge on any atom is -0.507 e. The molecule has 1 amide bonds. The number of carboxylic acid groups (broad SMARTS) is 1. The van der Waals surface area contributed by atoms with Gasteiger partial charge in [0.05, 0.1) is 0 Å². The molecular weight excluding hydrogens is 464 g/mol. The van der Waals surface area contributed by atoms with Gasteiger partial charge in [-0.2, -0.15) is 0 Å². The number of aromatic hydroxyl groups is 1. The second kappa shape index (κ2) is 11.5. The molecule has 0 atom stereocenters. The lowest BCUT2D eigenvalue weighted by Crippen LogP contribution is -2.33. The Morgan fingerprint density at radius 1 is 1.18 bits per heavy atom. The summed E-state index contributed by atoms with van der Waals surface area (Å²) in [4.78, 5) is 22.0. The van der Waals surface area contributed by atoms with Crippen molar-refractivity contribution in [2.75, 3.05) is 19.7 Å². The molecule has 2 aromatic carbocycles. The van der Waals surface area contributed by atoms with Crippen LogP contribution in [0.2, 0.25) is 0 Å². The molecule has 0 aliphatic heterocycles. The lowest BCUT2D eigenvalue weighted by atomic mass is 10.00. The summed E-state index contributed by atoms with van der Waals surface area (Å²) in [5.41, 5.74) is 7.12. The highest BCUT2D eigenvalue weighted by atomic mass is 32.2. The van der Waals surface area contributed by atoms with E-state index in [2.05, 4.69) is 10.0 Å². The van der Waals surface area contributed by atoms with E-state index in [0.717, 1.165) is 17.7 Å². The zero-order valence-electron chi connectivity index (χ0n) is 18.8. The minimum atomic E-state index is -4.11. The summed E-state index contributed by atoms with van der Waals surface area (Å²) in [6.45, 7) is 2.98. The number of rotatable bonds is 12. The van der Waals surface area contributed by atoms with Gasteiger partial charge in [0.25, 0.3) is 5.91 Å². The summed E-state index contributed by atoms with van der Waals surface area (Å²) in [5, 5.41) is 28.3. The van der Waals surface area contributed by atoms with Crippen LogP contribution in [0.15, 0.2) is 41.3 Å². The third-order valence-corrected chi connectivity index (χ3v) is 6.29. The molecule has 0 bridgehead atoms. The molecule has 0 heterocycles. The molecule has 0 radical (unpaired) electrons. The molecule has 0 aliphatic carbocycles. The zero-order valence-corrected chi connectivity index (χ0v) is 19.6. The van der Waals surface area contributed by atoms with E-state index in [1.165, 1.54) is 6.07 Å². The highest BCUT2D eigenvalue weighted by molar-refractivity contribution is 7.89. The first-order valence-electron chi connectivity index (χ1n) is 10.3. The summed E-state index contributed by atoms with van der Waals surface area (Å²) >= 11 is 0. The Balaban J connectivity index is 2.14. The third-order valence-electron chi connectivity index (χ3n) is 4.80. The summed E-state index contributed by atoms with van der Waals surface area (Å²) in [6.07, 6.45) is 0.205. The molecule has 0 unspecified atom stereocenters. The van der Waals surface area contributed by atoms with Gasteiger partial charge in [-0.15, -0.1) is 0 Å². The molecule has 0 saturated heterocycles. The van der Waals surface area contributed by atoms with Crippen molar-refractivity contribution in [3.63, 3.8) is 0 Å². The number of benzene rings is 2. The average molecular weight is 493 g/mol. The number of sulfonamides is 1. The Kier molecular flexibility index (Phi) is 8.98. The molecule has 0 fully saturated rings. The Morgan fingerprint density at radius 2 is 1.88 bits per heavy atom. The van der Waals surface area contributed by atoms with Crippen molar-refractivity contribution in [2.24, 2.45) is 5.73 Å². The Labute approximate surface area is 197 Å². The van der Waals surface area contributed by atoms with Gasteiger partial charge in [0.1, 0.15) is 28.8 Å². The van der Waals surface area contributed by atoms with Crippen molar-refractivity contribution >= 4 is 27.7 Å². The van der Waals surface area contributed by atoms with Crippen LogP contribution in [0, 0.1) is 5.41 Å². The van der Waals surface area contributed by atoms with Crippen molar-refractivity contribution < 1.29 is 33.0 Å². The van der Waals surface area contributed by atoms with Gasteiger partial charge in [-0.05, 0) is 47.7 Å². The predicted molar refractivity (Wildman–Crippen MR) is 125 cm³/mol. The first kappa shape index (κ1) is 26.6. The number of carboxylic acids is 1. The molecule has 0 spiro atoms. The number of nitrogen functional groups attached to an aromatic ring is 1. The van der Waals surface area contributed by atoms with E-state index in [9.17, 15) is 23.1 Å². The van der Waals surface area contributed by atoms with E-state index in [0.29, 0.717) is 11.3 Å². The van der Waals surface area contributed by atoms with E-state index in [1.54, 1.807) is 12.1 Å². The predicted octanol–water partition coefficient (Wildman–Crippen LogP) is 0.900. The second-order valence-electron chi connectivity index (χ2n) is 7.72. The topological polar surface area (TPSA) is 192 Å². The maximum absolute atomic E-state index is 12.7. The molecule has 0 saturated carbocycles. The smallest absolute Gasteiger partial charge is 0.322 e. The van der Waals surface area contributed by atoms with Crippen LogP contribution in [0.3, 0.4) is 0 Å². The number of nitrogens with two attached hydrogens (primary N) is 1. The summed E-state index contributed by atoms with van der Waals surface area (Å²) < 4.78 is 33.3. The second-order valence-corrected chi connectivity index (χ2v) is 9.46. The van der Waals surface area contributed by atoms with Gasteiger partial charge in [0, 0.05) is 12.1 Å².